The van der Waals surface area contributed by atoms with Gasteiger partial charge in [0.25, 0.3) is 11.5 Å². The lowest BCUT2D eigenvalue weighted by Gasteiger charge is -2.29. The Labute approximate surface area is 111 Å². The van der Waals surface area contributed by atoms with Gasteiger partial charge in [0.05, 0.1) is 6.61 Å². The van der Waals surface area contributed by atoms with Gasteiger partial charge in [-0.3, -0.25) is 19.1 Å². The largest absolute Gasteiger partial charge is 0.393 e. The van der Waals surface area contributed by atoms with E-state index in [2.05, 4.69) is 10.3 Å². The van der Waals surface area contributed by atoms with Crippen LogP contribution in [-0.2, 0) is 9.53 Å². The maximum atomic E-state index is 11.8. The first kappa shape index (κ1) is 13.0. The van der Waals surface area contributed by atoms with Gasteiger partial charge in [-0.1, -0.05) is 0 Å². The third-order valence-corrected chi connectivity index (χ3v) is 3.79. The number of nitrogens with zero attached hydrogens (tertiary/aromatic N) is 1. The first-order valence-electron chi connectivity index (χ1n) is 6.00. The predicted octanol–water partition coefficient (Wildman–Crippen LogP) is -3.04. The van der Waals surface area contributed by atoms with Crippen LogP contribution < -0.4 is 16.6 Å². The number of aromatic nitrogens is 2. The molecule has 1 aromatic rings. The second-order valence-electron chi connectivity index (χ2n) is 4.98. The lowest BCUT2D eigenvalue weighted by molar-refractivity contribution is -0.169. The quantitative estimate of drug-likeness (QED) is 0.456. The molecule has 1 amide bonds. The Morgan fingerprint density at radius 3 is 2.75 bits per heavy atom. The maximum Gasteiger partial charge on any atom is 0.330 e. The number of aryl methyl sites for hydroxylation is 1. The molecule has 0 aromatic carbocycles. The summed E-state index contributed by atoms with van der Waals surface area (Å²) in [5, 5.41) is 21.8. The number of nitrogens with one attached hydrogen (secondary N) is 2. The summed E-state index contributed by atoms with van der Waals surface area (Å²) in [6, 6.07) is -0.863. The highest BCUT2D eigenvalue weighted by atomic mass is 16.6. The fourth-order valence-electron chi connectivity index (χ4n) is 2.62. The van der Waals surface area contributed by atoms with Crippen molar-refractivity contribution in [1.82, 2.24) is 14.9 Å². The highest BCUT2D eigenvalue weighted by Gasteiger charge is 2.66. The van der Waals surface area contributed by atoms with Crippen LogP contribution in [0.5, 0.6) is 0 Å². The highest BCUT2D eigenvalue weighted by molar-refractivity contribution is 5.90. The number of ether oxygens (including phenoxy) is 1. The molecule has 0 saturated carbocycles. The van der Waals surface area contributed by atoms with Crippen molar-refractivity contribution >= 4 is 5.91 Å². The van der Waals surface area contributed by atoms with E-state index in [-0.39, 0.29) is 5.56 Å². The minimum atomic E-state index is -1.77. The summed E-state index contributed by atoms with van der Waals surface area (Å²) in [6.45, 7) is 0.808. The first-order chi connectivity index (χ1) is 9.40. The zero-order valence-corrected chi connectivity index (χ0v) is 10.5. The molecule has 0 spiro atoms. The molecule has 9 heteroatoms. The molecule has 2 saturated heterocycles. The van der Waals surface area contributed by atoms with Crippen LogP contribution in [0.1, 0.15) is 11.8 Å². The molecule has 0 radical (unpaired) electrons. The molecule has 2 aliphatic heterocycles. The molecule has 20 heavy (non-hydrogen) atoms. The van der Waals surface area contributed by atoms with E-state index in [1.54, 1.807) is 0 Å². The highest BCUT2D eigenvalue weighted by Crippen LogP contribution is 2.41. The van der Waals surface area contributed by atoms with E-state index < -0.39 is 47.7 Å². The Hall–Kier alpha value is -1.97. The number of aliphatic hydroxyl groups is 2. The second-order valence-corrected chi connectivity index (χ2v) is 4.98. The standard InChI is InChI=1S/C11H13N3O6/c1-4-2-14(10(19)13-7(4)17)8-5-6(16)11(3-15,20-8)9(18)12-5/h2,5-6,8,15-16H,3H2,1H3,(H,12,18)(H,13,17,19)/t5-,6?,8?,11+/m0/s1. The average Bonchev–Trinajstić information content (AvgIpc) is 2.81. The molecule has 108 valence electrons. The van der Waals surface area contributed by atoms with Crippen molar-refractivity contribution < 1.29 is 19.7 Å². The van der Waals surface area contributed by atoms with E-state index in [1.165, 1.54) is 13.1 Å². The molecule has 9 nitrogen and oxygen atoms in total. The van der Waals surface area contributed by atoms with Crippen LogP contribution in [0.4, 0.5) is 0 Å². The van der Waals surface area contributed by atoms with Crippen molar-refractivity contribution in [1.29, 1.82) is 0 Å². The van der Waals surface area contributed by atoms with Crippen LogP contribution in [0, 0.1) is 6.92 Å². The number of amides is 1. The summed E-state index contributed by atoms with van der Waals surface area (Å²) in [5.41, 5.74) is -2.71. The van der Waals surface area contributed by atoms with Gasteiger partial charge in [-0.25, -0.2) is 4.79 Å². The molecule has 4 N–H and O–H groups in total. The molecular formula is C11H13N3O6. The van der Waals surface area contributed by atoms with Gasteiger partial charge >= 0.3 is 5.69 Å². The molecule has 0 aliphatic carbocycles. The lowest BCUT2D eigenvalue weighted by atomic mass is 10.00. The smallest absolute Gasteiger partial charge is 0.330 e. The number of aromatic amines is 1. The molecule has 2 fully saturated rings. The molecule has 2 aliphatic rings. The van der Waals surface area contributed by atoms with Crippen molar-refractivity contribution in [3.63, 3.8) is 0 Å². The van der Waals surface area contributed by atoms with Gasteiger partial charge in [0.2, 0.25) is 0 Å². The summed E-state index contributed by atoms with van der Waals surface area (Å²) in [5.74, 6) is -0.622. The zero-order valence-electron chi connectivity index (χ0n) is 10.5. The van der Waals surface area contributed by atoms with Crippen LogP contribution >= 0.6 is 0 Å². The van der Waals surface area contributed by atoms with E-state index >= 15 is 0 Å². The van der Waals surface area contributed by atoms with Crippen molar-refractivity contribution in [2.45, 2.75) is 30.9 Å². The summed E-state index contributed by atoms with van der Waals surface area (Å²) in [7, 11) is 0. The Balaban J connectivity index is 2.07. The minimum Gasteiger partial charge on any atom is -0.393 e. The summed E-state index contributed by atoms with van der Waals surface area (Å²) in [4.78, 5) is 36.9. The number of carbonyl (C=O) groups is 1. The minimum absolute atomic E-state index is 0.287. The number of aliphatic hydroxyl groups excluding tert-OH is 2. The van der Waals surface area contributed by atoms with E-state index in [1.807, 2.05) is 0 Å². The summed E-state index contributed by atoms with van der Waals surface area (Å²) >= 11 is 0. The van der Waals surface area contributed by atoms with Crippen LogP contribution in [0.2, 0.25) is 0 Å². The first-order valence-corrected chi connectivity index (χ1v) is 6.00. The van der Waals surface area contributed by atoms with Crippen LogP contribution in [0.15, 0.2) is 15.8 Å². The van der Waals surface area contributed by atoms with Gasteiger partial charge in [-0.15, -0.1) is 0 Å². The lowest BCUT2D eigenvalue weighted by Crippen LogP contribution is -2.52. The van der Waals surface area contributed by atoms with Gasteiger partial charge < -0.3 is 20.3 Å². The number of morpholine rings is 1. The van der Waals surface area contributed by atoms with Crippen LogP contribution in [0.3, 0.4) is 0 Å². The monoisotopic (exact) mass is 283 g/mol. The van der Waals surface area contributed by atoms with Gasteiger partial charge in [0, 0.05) is 11.8 Å². The number of H-pyrrole nitrogens is 1. The van der Waals surface area contributed by atoms with Crippen molar-refractivity contribution in [3.8, 4) is 0 Å². The number of fused-ring (bicyclic) bond motifs is 2. The number of carbonyl (C=O) groups excluding carboxylic acids is 1. The van der Waals surface area contributed by atoms with Gasteiger partial charge in [-0.2, -0.15) is 0 Å². The second kappa shape index (κ2) is 4.01. The molecule has 1 aromatic heterocycles. The third kappa shape index (κ3) is 1.45. The van der Waals surface area contributed by atoms with Crippen molar-refractivity contribution in [2.75, 3.05) is 6.61 Å². The normalized spacial score (nSPS) is 35.4. The fraction of sp³-hybridized carbons (Fsp3) is 0.545. The molecule has 3 rings (SSSR count). The van der Waals surface area contributed by atoms with E-state index in [4.69, 9.17) is 4.74 Å². The Kier molecular flexibility index (Phi) is 2.61. The number of hydrogen-bond donors (Lipinski definition) is 4. The zero-order chi connectivity index (χ0) is 14.7. The van der Waals surface area contributed by atoms with Gasteiger partial charge in [0.15, 0.2) is 11.8 Å². The molecule has 3 heterocycles. The van der Waals surface area contributed by atoms with Crippen molar-refractivity contribution in [3.05, 3.63) is 32.6 Å². The van der Waals surface area contributed by atoms with Crippen LogP contribution in [0.25, 0.3) is 0 Å². The molecule has 4 atom stereocenters. The molecular weight excluding hydrogens is 270 g/mol. The van der Waals surface area contributed by atoms with E-state index in [0.29, 0.717) is 0 Å². The number of rotatable bonds is 2. The van der Waals surface area contributed by atoms with Gasteiger partial charge in [-0.05, 0) is 6.92 Å². The van der Waals surface area contributed by atoms with E-state index in [9.17, 15) is 24.6 Å². The maximum absolute atomic E-state index is 11.8. The summed E-state index contributed by atoms with van der Waals surface area (Å²) in [6.07, 6.45) is -0.974. The van der Waals surface area contributed by atoms with Crippen LogP contribution in [-0.4, -0.2) is 50.0 Å². The van der Waals surface area contributed by atoms with Gasteiger partial charge in [0.1, 0.15) is 12.1 Å². The molecule has 2 unspecified atom stereocenters. The predicted molar refractivity (Wildman–Crippen MR) is 63.9 cm³/mol. The number of hydrogen-bond acceptors (Lipinski definition) is 6. The third-order valence-electron chi connectivity index (χ3n) is 3.79. The molecule has 2 bridgehead atoms. The van der Waals surface area contributed by atoms with E-state index in [0.717, 1.165) is 4.57 Å². The topological polar surface area (TPSA) is 134 Å². The fourth-order valence-corrected chi connectivity index (χ4v) is 2.62. The SMILES string of the molecule is Cc1cn(C2O[C@@]3(CO)C(=O)N[C@H]2C3O)c(=O)[nH]c1=O. The Morgan fingerprint density at radius 2 is 2.15 bits per heavy atom. The average molecular weight is 283 g/mol. The van der Waals surface area contributed by atoms with Crippen molar-refractivity contribution in [2.24, 2.45) is 0 Å². The Morgan fingerprint density at radius 1 is 1.45 bits per heavy atom. The summed E-state index contributed by atoms with van der Waals surface area (Å²) < 4.78 is 6.50. The Bertz CT molecular complexity index is 694.